The molecule has 436 valence electrons. The van der Waals surface area contributed by atoms with Crippen molar-refractivity contribution < 1.29 is 24.5 Å². The lowest BCUT2D eigenvalue weighted by molar-refractivity contribution is -0.143. The molecule has 0 aromatic rings. The molecule has 2 unspecified atom stereocenters. The monoisotopic (exact) mass is 1030 g/mol. The fourth-order valence-electron chi connectivity index (χ4n) is 11.0. The molecule has 0 saturated carbocycles. The molecule has 0 radical (unpaired) electrons. The second-order valence-electron chi connectivity index (χ2n) is 23.5. The van der Waals surface area contributed by atoms with E-state index < -0.39 is 12.1 Å². The molecule has 6 heteroatoms. The molecule has 0 aliphatic heterocycles. The lowest BCUT2D eigenvalue weighted by Gasteiger charge is -2.22. The minimum absolute atomic E-state index is 0.0192. The van der Waals surface area contributed by atoms with Gasteiger partial charge in [0.1, 0.15) is 0 Å². The minimum atomic E-state index is -0.663. The van der Waals surface area contributed by atoms with Gasteiger partial charge in [-0.2, -0.15) is 0 Å². The summed E-state index contributed by atoms with van der Waals surface area (Å²) in [5.74, 6) is -0.0110. The molecule has 0 rings (SSSR count). The Hall–Kier alpha value is -1.14. The number of ether oxygens (including phenoxy) is 1. The number of aliphatic hydroxyl groups excluding tert-OH is 2. The predicted molar refractivity (Wildman–Crippen MR) is 320 cm³/mol. The van der Waals surface area contributed by atoms with Crippen LogP contribution in [0.1, 0.15) is 393 Å². The van der Waals surface area contributed by atoms with E-state index in [4.69, 9.17) is 4.74 Å². The van der Waals surface area contributed by atoms with Gasteiger partial charge in [0.05, 0.1) is 25.4 Å². The van der Waals surface area contributed by atoms with Crippen LogP contribution in [0.4, 0.5) is 0 Å². The zero-order valence-electron chi connectivity index (χ0n) is 49.9. The van der Waals surface area contributed by atoms with Crippen LogP contribution in [0, 0.1) is 0 Å². The van der Waals surface area contributed by atoms with Crippen molar-refractivity contribution in [1.82, 2.24) is 5.32 Å². The first kappa shape index (κ1) is 71.9. The first-order chi connectivity index (χ1) is 36.0. The summed E-state index contributed by atoms with van der Waals surface area (Å²) in [5.41, 5.74) is 0. The largest absolute Gasteiger partial charge is 0.466 e. The zero-order chi connectivity index (χ0) is 52.9. The van der Waals surface area contributed by atoms with Gasteiger partial charge in [0.15, 0.2) is 0 Å². The molecule has 0 heterocycles. The normalized spacial score (nSPS) is 12.4. The van der Waals surface area contributed by atoms with Crippen molar-refractivity contribution in [3.63, 3.8) is 0 Å². The summed E-state index contributed by atoms with van der Waals surface area (Å²) in [7, 11) is 0. The van der Waals surface area contributed by atoms with Crippen molar-refractivity contribution in [3.05, 3.63) is 0 Å². The Balaban J connectivity index is 3.35. The van der Waals surface area contributed by atoms with Crippen molar-refractivity contribution in [1.29, 1.82) is 0 Å². The number of unbranched alkanes of at least 4 members (excludes halogenated alkanes) is 53. The van der Waals surface area contributed by atoms with Crippen molar-refractivity contribution in [2.24, 2.45) is 0 Å². The molecule has 0 aliphatic carbocycles. The van der Waals surface area contributed by atoms with E-state index in [1.807, 2.05) is 0 Å². The first-order valence-electron chi connectivity index (χ1n) is 33.8. The highest BCUT2D eigenvalue weighted by Crippen LogP contribution is 2.19. The maximum atomic E-state index is 12.5. The highest BCUT2D eigenvalue weighted by atomic mass is 16.5. The number of nitrogens with one attached hydrogen (secondary N) is 1. The molecule has 0 saturated heterocycles. The van der Waals surface area contributed by atoms with E-state index in [2.05, 4.69) is 19.2 Å². The van der Waals surface area contributed by atoms with Crippen molar-refractivity contribution in [2.75, 3.05) is 13.2 Å². The Bertz CT molecular complexity index is 1050. The van der Waals surface area contributed by atoms with Gasteiger partial charge in [-0.05, 0) is 25.7 Å². The molecule has 0 spiro atoms. The average Bonchev–Trinajstić information content (AvgIpc) is 3.39. The van der Waals surface area contributed by atoms with Gasteiger partial charge in [-0.15, -0.1) is 0 Å². The summed E-state index contributed by atoms with van der Waals surface area (Å²) >= 11 is 0. The van der Waals surface area contributed by atoms with Gasteiger partial charge in [-0.1, -0.05) is 354 Å². The molecule has 0 aromatic heterocycles. The topological polar surface area (TPSA) is 95.9 Å². The van der Waals surface area contributed by atoms with Crippen molar-refractivity contribution in [2.45, 2.75) is 405 Å². The van der Waals surface area contributed by atoms with Gasteiger partial charge in [-0.25, -0.2) is 0 Å². The third-order valence-corrected chi connectivity index (χ3v) is 16.2. The van der Waals surface area contributed by atoms with E-state index in [0.29, 0.717) is 25.9 Å². The number of esters is 1. The lowest BCUT2D eigenvalue weighted by Crippen LogP contribution is -2.45. The van der Waals surface area contributed by atoms with E-state index in [-0.39, 0.29) is 18.5 Å². The molecule has 1 amide bonds. The van der Waals surface area contributed by atoms with Crippen LogP contribution in [0.3, 0.4) is 0 Å². The van der Waals surface area contributed by atoms with Gasteiger partial charge in [0, 0.05) is 12.8 Å². The molecule has 2 atom stereocenters. The summed E-state index contributed by atoms with van der Waals surface area (Å²) in [6, 6.07) is -0.540. The first-order valence-corrected chi connectivity index (χ1v) is 33.8. The van der Waals surface area contributed by atoms with E-state index >= 15 is 0 Å². The molecule has 6 nitrogen and oxygen atoms in total. The number of rotatable bonds is 64. The standard InChI is InChI=1S/C67H133NO5/c1-3-5-7-9-11-13-15-17-19-28-31-35-39-43-47-51-55-59-65(70)64(63-69)68-66(71)60-56-52-48-44-40-36-32-29-26-24-22-21-23-25-27-30-34-38-42-46-50-54-58-62-73-67(72)61-57-53-49-45-41-37-33-20-18-16-14-12-10-8-6-4-2/h64-65,69-70H,3-63H2,1-2H3,(H,68,71). The minimum Gasteiger partial charge on any atom is -0.466 e. The summed E-state index contributed by atoms with van der Waals surface area (Å²) in [5, 5.41) is 23.4. The molecule has 0 bridgehead atoms. The molecule has 0 fully saturated rings. The van der Waals surface area contributed by atoms with Crippen LogP contribution in [0.15, 0.2) is 0 Å². The molecule has 0 aliphatic rings. The van der Waals surface area contributed by atoms with Gasteiger partial charge < -0.3 is 20.3 Å². The van der Waals surface area contributed by atoms with Crippen molar-refractivity contribution in [3.8, 4) is 0 Å². The van der Waals surface area contributed by atoms with Crippen LogP contribution in [0.2, 0.25) is 0 Å². The van der Waals surface area contributed by atoms with Crippen molar-refractivity contribution >= 4 is 11.9 Å². The molecule has 73 heavy (non-hydrogen) atoms. The SMILES string of the molecule is CCCCCCCCCCCCCCCCCCCC(O)C(CO)NC(=O)CCCCCCCCCCCCCCCCCCCCCCCCCOC(=O)CCCCCCCCCCCCCCCCCC. The third-order valence-electron chi connectivity index (χ3n) is 16.2. The lowest BCUT2D eigenvalue weighted by atomic mass is 10.0. The van der Waals surface area contributed by atoms with Crippen LogP contribution in [-0.2, 0) is 14.3 Å². The molecule has 0 aromatic carbocycles. The quantitative estimate of drug-likeness (QED) is 0.0417. The van der Waals surface area contributed by atoms with Crippen LogP contribution in [-0.4, -0.2) is 47.4 Å². The zero-order valence-corrected chi connectivity index (χ0v) is 49.9. The maximum absolute atomic E-state index is 12.5. The smallest absolute Gasteiger partial charge is 0.305 e. The van der Waals surface area contributed by atoms with Gasteiger partial charge in [0.25, 0.3) is 0 Å². The number of carbonyl (C=O) groups is 2. The molecule has 3 N–H and O–H groups in total. The van der Waals surface area contributed by atoms with Gasteiger partial charge in [0.2, 0.25) is 5.91 Å². The highest BCUT2D eigenvalue weighted by molar-refractivity contribution is 5.76. The second-order valence-corrected chi connectivity index (χ2v) is 23.5. The van der Waals surface area contributed by atoms with Gasteiger partial charge in [-0.3, -0.25) is 9.59 Å². The maximum Gasteiger partial charge on any atom is 0.305 e. The van der Waals surface area contributed by atoms with Crippen LogP contribution in [0.25, 0.3) is 0 Å². The second kappa shape index (κ2) is 63.4. The summed E-state index contributed by atoms with van der Waals surface area (Å²) in [4.78, 5) is 24.6. The Kier molecular flexibility index (Phi) is 62.4. The fourth-order valence-corrected chi connectivity index (χ4v) is 11.0. The highest BCUT2D eigenvalue weighted by Gasteiger charge is 2.20. The fraction of sp³-hybridized carbons (Fsp3) is 0.970. The third kappa shape index (κ3) is 60.0. The van der Waals surface area contributed by atoms with Crippen LogP contribution < -0.4 is 5.32 Å². The Morgan fingerprint density at radius 2 is 0.562 bits per heavy atom. The molecular formula is C67H133NO5. The number of hydrogen-bond acceptors (Lipinski definition) is 5. The predicted octanol–water partition coefficient (Wildman–Crippen LogP) is 21.4. The number of aliphatic hydroxyl groups is 2. The number of carbonyl (C=O) groups excluding carboxylic acids is 2. The molecular weight excluding hydrogens is 899 g/mol. The van der Waals surface area contributed by atoms with Gasteiger partial charge >= 0.3 is 5.97 Å². The Morgan fingerprint density at radius 3 is 0.836 bits per heavy atom. The van der Waals surface area contributed by atoms with E-state index in [1.165, 1.54) is 321 Å². The summed E-state index contributed by atoms with van der Waals surface area (Å²) < 4.78 is 5.50. The Morgan fingerprint density at radius 1 is 0.329 bits per heavy atom. The van der Waals surface area contributed by atoms with Crippen LogP contribution in [0.5, 0.6) is 0 Å². The summed E-state index contributed by atoms with van der Waals surface area (Å²) in [6.45, 7) is 5.00. The summed E-state index contributed by atoms with van der Waals surface area (Å²) in [6.07, 6.45) is 75.6. The van der Waals surface area contributed by atoms with E-state index in [1.54, 1.807) is 0 Å². The van der Waals surface area contributed by atoms with Crippen LogP contribution >= 0.6 is 0 Å². The van der Waals surface area contributed by atoms with E-state index in [0.717, 1.165) is 38.5 Å². The number of hydrogen-bond donors (Lipinski definition) is 3. The number of amides is 1. The van der Waals surface area contributed by atoms with E-state index in [9.17, 15) is 19.8 Å². The Labute approximate surface area is 457 Å². The average molecular weight is 1030 g/mol.